The van der Waals surface area contributed by atoms with Crippen molar-refractivity contribution in [3.8, 4) is 0 Å². The largest absolute Gasteiger partial charge is 0.354 e. The topological polar surface area (TPSA) is 45.5 Å². The van der Waals surface area contributed by atoms with Crippen LogP contribution >= 0.6 is 0 Å². The van der Waals surface area contributed by atoms with Crippen molar-refractivity contribution in [1.29, 1.82) is 0 Å². The minimum Gasteiger partial charge on any atom is -0.354 e. The van der Waals surface area contributed by atoms with Crippen molar-refractivity contribution in [2.45, 2.75) is 26.4 Å². The van der Waals surface area contributed by atoms with Gasteiger partial charge in [0.1, 0.15) is 6.04 Å². The van der Waals surface area contributed by atoms with Crippen molar-refractivity contribution in [3.63, 3.8) is 0 Å². The standard InChI is InChI=1S/C7H13N3/c1-6(8)5-10-4-3-7(2)9-10/h3-4,6H,5,8H2,1-2H3/p+1/t6-/m0/s1. The Labute approximate surface area is 60.8 Å². The van der Waals surface area contributed by atoms with Crippen molar-refractivity contribution in [1.82, 2.24) is 9.78 Å². The molecule has 3 nitrogen and oxygen atoms in total. The molecule has 1 atom stereocenters. The minimum absolute atomic E-state index is 0.430. The second-order valence-electron chi connectivity index (χ2n) is 2.78. The minimum atomic E-state index is 0.430. The zero-order valence-corrected chi connectivity index (χ0v) is 6.54. The predicted octanol–water partition coefficient (Wildman–Crippen LogP) is -0.178. The molecule has 0 aromatic carbocycles. The van der Waals surface area contributed by atoms with E-state index in [2.05, 4.69) is 17.8 Å². The van der Waals surface area contributed by atoms with Crippen molar-refractivity contribution in [2.24, 2.45) is 0 Å². The van der Waals surface area contributed by atoms with Crippen LogP contribution < -0.4 is 5.73 Å². The second-order valence-corrected chi connectivity index (χ2v) is 2.78. The molecular formula is C7H14N3+. The molecule has 0 amide bonds. The molecule has 0 saturated carbocycles. The molecule has 0 aliphatic carbocycles. The number of rotatable bonds is 2. The molecule has 0 aliphatic heterocycles. The van der Waals surface area contributed by atoms with Crippen LogP contribution in [0, 0.1) is 6.92 Å². The summed E-state index contributed by atoms with van der Waals surface area (Å²) in [7, 11) is 0. The van der Waals surface area contributed by atoms with Gasteiger partial charge in [0, 0.05) is 6.20 Å². The van der Waals surface area contributed by atoms with Crippen molar-refractivity contribution < 1.29 is 5.73 Å². The molecule has 0 aliphatic rings. The summed E-state index contributed by atoms with van der Waals surface area (Å²) in [5.74, 6) is 0. The Balaban J connectivity index is 2.58. The van der Waals surface area contributed by atoms with E-state index in [1.807, 2.05) is 23.9 Å². The molecule has 0 radical (unpaired) electrons. The summed E-state index contributed by atoms with van der Waals surface area (Å²) < 4.78 is 1.92. The molecule has 0 unspecified atom stereocenters. The van der Waals surface area contributed by atoms with E-state index in [0.29, 0.717) is 6.04 Å². The molecule has 0 fully saturated rings. The molecule has 0 spiro atoms. The summed E-state index contributed by atoms with van der Waals surface area (Å²) in [5, 5.41) is 4.23. The lowest BCUT2D eigenvalue weighted by atomic mass is 10.4. The molecule has 3 N–H and O–H groups in total. The Hall–Kier alpha value is -0.830. The van der Waals surface area contributed by atoms with E-state index in [4.69, 9.17) is 0 Å². The summed E-state index contributed by atoms with van der Waals surface area (Å²) in [5.41, 5.74) is 4.95. The molecule has 3 heteroatoms. The van der Waals surface area contributed by atoms with Crippen LogP contribution in [0.2, 0.25) is 0 Å². The van der Waals surface area contributed by atoms with Crippen LogP contribution in [0.1, 0.15) is 12.6 Å². The fourth-order valence-corrected chi connectivity index (χ4v) is 0.884. The molecule has 1 heterocycles. The van der Waals surface area contributed by atoms with Gasteiger partial charge in [-0.3, -0.25) is 4.68 Å². The summed E-state index contributed by atoms with van der Waals surface area (Å²) >= 11 is 0. The van der Waals surface area contributed by atoms with E-state index < -0.39 is 0 Å². The highest BCUT2D eigenvalue weighted by Gasteiger charge is 1.98. The SMILES string of the molecule is Cc1ccn(C[C@H](C)[NH3+])n1. The highest BCUT2D eigenvalue weighted by molar-refractivity contribution is 4.94. The first-order chi connectivity index (χ1) is 4.68. The maximum atomic E-state index is 4.23. The van der Waals surface area contributed by atoms with Crippen LogP contribution in [-0.4, -0.2) is 15.8 Å². The number of quaternary nitrogens is 1. The maximum absolute atomic E-state index is 4.23. The van der Waals surface area contributed by atoms with Gasteiger partial charge in [0.2, 0.25) is 0 Å². The predicted molar refractivity (Wildman–Crippen MR) is 39.3 cm³/mol. The summed E-state index contributed by atoms with van der Waals surface area (Å²) in [6, 6.07) is 2.43. The third-order valence-electron chi connectivity index (χ3n) is 1.27. The average molecular weight is 140 g/mol. The van der Waals surface area contributed by atoms with Crippen LogP contribution in [0.4, 0.5) is 0 Å². The number of hydrogen-bond donors (Lipinski definition) is 1. The van der Waals surface area contributed by atoms with E-state index >= 15 is 0 Å². The molecule has 0 bridgehead atoms. The Kier molecular flexibility index (Phi) is 2.06. The number of nitrogens with zero attached hydrogens (tertiary/aromatic N) is 2. The van der Waals surface area contributed by atoms with Gasteiger partial charge in [-0.15, -0.1) is 0 Å². The summed E-state index contributed by atoms with van der Waals surface area (Å²) in [6.07, 6.45) is 1.98. The quantitative estimate of drug-likeness (QED) is 0.608. The Morgan fingerprint density at radius 2 is 2.50 bits per heavy atom. The highest BCUT2D eigenvalue weighted by Crippen LogP contribution is 1.92. The monoisotopic (exact) mass is 140 g/mol. The van der Waals surface area contributed by atoms with Gasteiger partial charge in [-0.25, -0.2) is 0 Å². The Morgan fingerprint density at radius 3 is 2.90 bits per heavy atom. The van der Waals surface area contributed by atoms with Gasteiger partial charge in [0.15, 0.2) is 0 Å². The lowest BCUT2D eigenvalue weighted by molar-refractivity contribution is -0.417. The smallest absolute Gasteiger partial charge is 0.101 e. The van der Waals surface area contributed by atoms with Gasteiger partial charge in [0.25, 0.3) is 0 Å². The Bertz CT molecular complexity index is 202. The lowest BCUT2D eigenvalue weighted by Crippen LogP contribution is -2.60. The third kappa shape index (κ3) is 1.84. The first-order valence-electron chi connectivity index (χ1n) is 3.51. The first kappa shape index (κ1) is 7.28. The summed E-state index contributed by atoms with van der Waals surface area (Å²) in [4.78, 5) is 0. The van der Waals surface area contributed by atoms with Crippen molar-refractivity contribution in [3.05, 3.63) is 18.0 Å². The van der Waals surface area contributed by atoms with Gasteiger partial charge in [0.05, 0.1) is 12.2 Å². The van der Waals surface area contributed by atoms with Crippen LogP contribution in [-0.2, 0) is 6.54 Å². The summed E-state index contributed by atoms with van der Waals surface area (Å²) in [6.45, 7) is 4.98. The van der Waals surface area contributed by atoms with Crippen molar-refractivity contribution >= 4 is 0 Å². The van der Waals surface area contributed by atoms with Gasteiger partial charge in [-0.2, -0.15) is 5.10 Å². The molecule has 1 aromatic heterocycles. The lowest BCUT2D eigenvalue weighted by Gasteiger charge is -2.00. The van der Waals surface area contributed by atoms with E-state index in [1.54, 1.807) is 0 Å². The number of aromatic nitrogens is 2. The van der Waals surface area contributed by atoms with Crippen LogP contribution in [0.15, 0.2) is 12.3 Å². The average Bonchev–Trinajstić information content (AvgIpc) is 2.13. The molecular weight excluding hydrogens is 126 g/mol. The number of hydrogen-bond acceptors (Lipinski definition) is 1. The molecule has 10 heavy (non-hydrogen) atoms. The third-order valence-corrected chi connectivity index (χ3v) is 1.27. The van der Waals surface area contributed by atoms with Crippen molar-refractivity contribution in [2.75, 3.05) is 0 Å². The second kappa shape index (κ2) is 2.84. The van der Waals surface area contributed by atoms with Gasteiger partial charge in [-0.05, 0) is 19.9 Å². The maximum Gasteiger partial charge on any atom is 0.101 e. The van der Waals surface area contributed by atoms with E-state index in [1.165, 1.54) is 0 Å². The normalized spacial score (nSPS) is 13.5. The molecule has 1 rings (SSSR count). The van der Waals surface area contributed by atoms with E-state index in [0.717, 1.165) is 12.2 Å². The zero-order chi connectivity index (χ0) is 7.56. The number of aryl methyl sites for hydroxylation is 1. The Morgan fingerprint density at radius 1 is 1.80 bits per heavy atom. The van der Waals surface area contributed by atoms with Crippen LogP contribution in [0.3, 0.4) is 0 Å². The van der Waals surface area contributed by atoms with E-state index in [9.17, 15) is 0 Å². The molecule has 0 saturated heterocycles. The fraction of sp³-hybridized carbons (Fsp3) is 0.571. The zero-order valence-electron chi connectivity index (χ0n) is 6.54. The first-order valence-corrected chi connectivity index (χ1v) is 3.51. The molecule has 1 aromatic rings. The molecule has 56 valence electrons. The highest BCUT2D eigenvalue weighted by atomic mass is 15.3. The van der Waals surface area contributed by atoms with E-state index in [-0.39, 0.29) is 0 Å². The van der Waals surface area contributed by atoms with Gasteiger partial charge in [-0.1, -0.05) is 0 Å². The van der Waals surface area contributed by atoms with Gasteiger partial charge < -0.3 is 5.73 Å². The van der Waals surface area contributed by atoms with Crippen LogP contribution in [0.5, 0.6) is 0 Å². The van der Waals surface area contributed by atoms with Gasteiger partial charge >= 0.3 is 0 Å². The fourth-order valence-electron chi connectivity index (χ4n) is 0.884. The van der Waals surface area contributed by atoms with Crippen LogP contribution in [0.25, 0.3) is 0 Å².